The summed E-state index contributed by atoms with van der Waals surface area (Å²) >= 11 is 0. The van der Waals surface area contributed by atoms with E-state index >= 15 is 0 Å². The summed E-state index contributed by atoms with van der Waals surface area (Å²) in [7, 11) is -2.93. The zero-order valence-electron chi connectivity index (χ0n) is 11.2. The Bertz CT molecular complexity index is 701. The van der Waals surface area contributed by atoms with E-state index in [1.54, 1.807) is 6.26 Å². The fraction of sp³-hybridized carbons (Fsp3) is 0.417. The van der Waals surface area contributed by atoms with E-state index < -0.39 is 9.84 Å². The predicted molar refractivity (Wildman–Crippen MR) is 76.5 cm³/mol. The van der Waals surface area contributed by atoms with Crippen molar-refractivity contribution in [2.24, 2.45) is 0 Å². The van der Waals surface area contributed by atoms with Gasteiger partial charge < -0.3 is 15.1 Å². The second-order valence-electron chi connectivity index (χ2n) is 4.84. The summed E-state index contributed by atoms with van der Waals surface area (Å²) in [5.41, 5.74) is 0. The molecule has 2 N–H and O–H groups in total. The van der Waals surface area contributed by atoms with Crippen molar-refractivity contribution in [1.29, 1.82) is 0 Å². The van der Waals surface area contributed by atoms with Crippen molar-refractivity contribution in [3.05, 3.63) is 30.4 Å². The first-order valence-electron chi connectivity index (χ1n) is 6.54. The first-order chi connectivity index (χ1) is 10.1. The van der Waals surface area contributed by atoms with Crippen LogP contribution in [0.4, 0.5) is 11.8 Å². The molecule has 112 valence electrons. The quantitative estimate of drug-likeness (QED) is 0.829. The van der Waals surface area contributed by atoms with Crippen LogP contribution in [0.25, 0.3) is 0 Å². The Labute approximate surface area is 121 Å². The summed E-state index contributed by atoms with van der Waals surface area (Å²) in [4.78, 5) is 4.25. The minimum absolute atomic E-state index is 0.112. The molecule has 0 aromatic carbocycles. The third-order valence-corrected chi connectivity index (χ3v) is 4.92. The fourth-order valence-corrected chi connectivity index (χ4v) is 3.81. The van der Waals surface area contributed by atoms with Gasteiger partial charge in [0.1, 0.15) is 5.76 Å². The second kappa shape index (κ2) is 5.68. The van der Waals surface area contributed by atoms with Crippen LogP contribution in [0.2, 0.25) is 0 Å². The lowest BCUT2D eigenvalue weighted by Crippen LogP contribution is -2.22. The largest absolute Gasteiger partial charge is 0.467 e. The van der Waals surface area contributed by atoms with Crippen LogP contribution in [0.5, 0.6) is 0 Å². The van der Waals surface area contributed by atoms with E-state index in [2.05, 4.69) is 25.8 Å². The summed E-state index contributed by atoms with van der Waals surface area (Å²) < 4.78 is 28.0. The highest BCUT2D eigenvalue weighted by Gasteiger charge is 2.28. The molecular formula is C12H15N5O3S. The van der Waals surface area contributed by atoms with E-state index in [1.165, 1.54) is 6.20 Å². The van der Waals surface area contributed by atoms with Crippen molar-refractivity contribution >= 4 is 21.6 Å². The highest BCUT2D eigenvalue weighted by atomic mass is 32.2. The van der Waals surface area contributed by atoms with E-state index in [0.717, 1.165) is 5.76 Å². The van der Waals surface area contributed by atoms with Crippen LogP contribution >= 0.6 is 0 Å². The summed E-state index contributed by atoms with van der Waals surface area (Å²) in [6, 6.07) is 3.50. The van der Waals surface area contributed by atoms with Gasteiger partial charge >= 0.3 is 0 Å². The van der Waals surface area contributed by atoms with Crippen LogP contribution < -0.4 is 10.6 Å². The number of nitrogens with zero attached hydrogens (tertiary/aromatic N) is 3. The van der Waals surface area contributed by atoms with Crippen molar-refractivity contribution < 1.29 is 12.8 Å². The standard InChI is InChI=1S/C12H15N5O3S/c18-21(19)5-3-9(8-21)15-12-16-11(7-14-17-12)13-6-10-2-1-4-20-10/h1-2,4,7,9H,3,5-6,8H2,(H2,13,15,16,17). The molecule has 1 saturated heterocycles. The van der Waals surface area contributed by atoms with Gasteiger partial charge in [-0.2, -0.15) is 10.1 Å². The molecule has 3 heterocycles. The van der Waals surface area contributed by atoms with E-state index in [4.69, 9.17) is 4.42 Å². The number of hydrogen-bond donors (Lipinski definition) is 2. The minimum Gasteiger partial charge on any atom is -0.467 e. The summed E-state index contributed by atoms with van der Waals surface area (Å²) in [5.74, 6) is 1.96. The van der Waals surface area contributed by atoms with Crippen LogP contribution in [-0.4, -0.2) is 41.1 Å². The zero-order chi connectivity index (χ0) is 14.7. The number of nitrogens with one attached hydrogen (secondary N) is 2. The average molecular weight is 309 g/mol. The Morgan fingerprint density at radius 3 is 3.05 bits per heavy atom. The van der Waals surface area contributed by atoms with Crippen LogP contribution in [0.3, 0.4) is 0 Å². The highest BCUT2D eigenvalue weighted by Crippen LogP contribution is 2.15. The van der Waals surface area contributed by atoms with Crippen molar-refractivity contribution in [2.75, 3.05) is 22.1 Å². The summed E-state index contributed by atoms with van der Waals surface area (Å²) in [6.45, 7) is 0.489. The maximum atomic E-state index is 11.4. The Balaban J connectivity index is 1.60. The Morgan fingerprint density at radius 1 is 1.43 bits per heavy atom. The van der Waals surface area contributed by atoms with Gasteiger partial charge in [-0.1, -0.05) is 0 Å². The lowest BCUT2D eigenvalue weighted by atomic mass is 10.3. The monoisotopic (exact) mass is 309 g/mol. The number of sulfone groups is 1. The van der Waals surface area contributed by atoms with Crippen molar-refractivity contribution in [1.82, 2.24) is 15.2 Å². The first-order valence-corrected chi connectivity index (χ1v) is 8.36. The van der Waals surface area contributed by atoms with E-state index in [1.807, 2.05) is 12.1 Å². The van der Waals surface area contributed by atoms with Gasteiger partial charge in [0.25, 0.3) is 0 Å². The Hall–Kier alpha value is -2.16. The molecule has 0 bridgehead atoms. The summed E-state index contributed by atoms with van der Waals surface area (Å²) in [5, 5.41) is 13.8. The molecule has 1 fully saturated rings. The Kier molecular flexibility index (Phi) is 3.74. The van der Waals surface area contributed by atoms with Crippen molar-refractivity contribution in [3.63, 3.8) is 0 Å². The first kappa shape index (κ1) is 13.8. The zero-order valence-corrected chi connectivity index (χ0v) is 12.0. The van der Waals surface area contributed by atoms with Gasteiger partial charge in [-0.3, -0.25) is 0 Å². The van der Waals surface area contributed by atoms with Gasteiger partial charge in [0.05, 0.1) is 30.5 Å². The van der Waals surface area contributed by atoms with Crippen LogP contribution in [-0.2, 0) is 16.4 Å². The molecule has 0 radical (unpaired) electrons. The second-order valence-corrected chi connectivity index (χ2v) is 7.07. The molecule has 1 atom stereocenters. The van der Waals surface area contributed by atoms with Gasteiger partial charge in [-0.05, 0) is 18.6 Å². The van der Waals surface area contributed by atoms with Gasteiger partial charge in [-0.15, -0.1) is 5.10 Å². The maximum Gasteiger partial charge on any atom is 0.244 e. The van der Waals surface area contributed by atoms with E-state index in [9.17, 15) is 8.42 Å². The average Bonchev–Trinajstić information content (AvgIpc) is 3.07. The van der Waals surface area contributed by atoms with Crippen LogP contribution in [0.1, 0.15) is 12.2 Å². The third kappa shape index (κ3) is 3.69. The third-order valence-electron chi connectivity index (χ3n) is 3.15. The lowest BCUT2D eigenvalue weighted by molar-refractivity contribution is 0.517. The number of anilines is 2. The number of hydrogen-bond acceptors (Lipinski definition) is 8. The molecule has 21 heavy (non-hydrogen) atoms. The molecule has 1 aliphatic rings. The van der Waals surface area contributed by atoms with E-state index in [0.29, 0.717) is 24.7 Å². The van der Waals surface area contributed by atoms with Crippen LogP contribution in [0, 0.1) is 0 Å². The molecule has 1 unspecified atom stereocenters. The fourth-order valence-electron chi connectivity index (χ4n) is 2.13. The molecule has 2 aromatic heterocycles. The minimum atomic E-state index is -2.93. The topological polar surface area (TPSA) is 110 Å². The SMILES string of the molecule is O=S1(=O)CCC(Nc2nncc(NCc3ccco3)n2)C1. The maximum absolute atomic E-state index is 11.4. The molecule has 1 aliphatic heterocycles. The van der Waals surface area contributed by atoms with Gasteiger partial charge in [-0.25, -0.2) is 8.42 Å². The smallest absolute Gasteiger partial charge is 0.244 e. The molecule has 0 amide bonds. The van der Waals surface area contributed by atoms with E-state index in [-0.39, 0.29) is 17.5 Å². The van der Waals surface area contributed by atoms with Crippen molar-refractivity contribution in [2.45, 2.75) is 19.0 Å². The molecule has 0 spiro atoms. The molecule has 0 saturated carbocycles. The molecule has 2 aromatic rings. The normalized spacial score (nSPS) is 20.3. The molecule has 9 heteroatoms. The number of furan rings is 1. The summed E-state index contributed by atoms with van der Waals surface area (Å²) in [6.07, 6.45) is 3.66. The lowest BCUT2D eigenvalue weighted by Gasteiger charge is -2.10. The van der Waals surface area contributed by atoms with Crippen molar-refractivity contribution in [3.8, 4) is 0 Å². The van der Waals surface area contributed by atoms with Gasteiger partial charge in [0, 0.05) is 6.04 Å². The predicted octanol–water partition coefficient (Wildman–Crippen LogP) is 0.676. The Morgan fingerprint density at radius 2 is 2.33 bits per heavy atom. The highest BCUT2D eigenvalue weighted by molar-refractivity contribution is 7.91. The van der Waals surface area contributed by atoms with Gasteiger partial charge in [0.2, 0.25) is 5.95 Å². The van der Waals surface area contributed by atoms with Crippen LogP contribution in [0.15, 0.2) is 29.0 Å². The van der Waals surface area contributed by atoms with Gasteiger partial charge in [0.15, 0.2) is 15.7 Å². The molecule has 0 aliphatic carbocycles. The number of rotatable bonds is 5. The molecular weight excluding hydrogens is 294 g/mol. The molecule has 3 rings (SSSR count). The number of aromatic nitrogens is 3. The molecule has 8 nitrogen and oxygen atoms in total.